The van der Waals surface area contributed by atoms with Crippen LogP contribution in [0, 0.1) is 0 Å². The molecule has 0 aliphatic rings. The highest BCUT2D eigenvalue weighted by molar-refractivity contribution is 9.10. The monoisotopic (exact) mass is 347 g/mol. The van der Waals surface area contributed by atoms with E-state index in [9.17, 15) is 0 Å². The molecule has 0 aromatic heterocycles. The Kier molecular flexibility index (Phi) is 6.43. The third-order valence-corrected chi connectivity index (χ3v) is 3.66. The third kappa shape index (κ3) is 6.00. The minimum atomic E-state index is 0.512. The molecular weight excluding hydrogens is 326 g/mol. The fourth-order valence-electron chi connectivity index (χ4n) is 1.99. The van der Waals surface area contributed by atoms with Gasteiger partial charge in [0, 0.05) is 17.1 Å². The molecule has 0 amide bonds. The molecule has 2 rings (SSSR count). The highest BCUT2D eigenvalue weighted by Gasteiger charge is 1.98. The Bertz CT molecular complexity index is 551. The summed E-state index contributed by atoms with van der Waals surface area (Å²) in [4.78, 5) is 0. The molecule has 0 heterocycles. The lowest BCUT2D eigenvalue weighted by Gasteiger charge is -2.09. The van der Waals surface area contributed by atoms with Gasteiger partial charge in [0.1, 0.15) is 0 Å². The minimum Gasteiger partial charge on any atom is -0.372 e. The van der Waals surface area contributed by atoms with Crippen LogP contribution in [0.15, 0.2) is 53.0 Å². The molecule has 21 heavy (non-hydrogen) atoms. The van der Waals surface area contributed by atoms with Crippen molar-refractivity contribution in [2.24, 2.45) is 0 Å². The third-order valence-electron chi connectivity index (χ3n) is 3.16. The van der Waals surface area contributed by atoms with E-state index in [0.29, 0.717) is 19.3 Å². The zero-order chi connectivity index (χ0) is 15.1. The van der Waals surface area contributed by atoms with Gasteiger partial charge in [-0.2, -0.15) is 0 Å². The highest BCUT2D eigenvalue weighted by Crippen LogP contribution is 2.13. The van der Waals surface area contributed by atoms with Crippen LogP contribution < -0.4 is 5.32 Å². The van der Waals surface area contributed by atoms with Crippen LogP contribution in [0.2, 0.25) is 0 Å². The maximum Gasteiger partial charge on any atom is 0.0721 e. The SMILES string of the molecule is CC(C)NCc1ccc(COCc2cccc(Br)c2)cc1. The molecule has 0 bridgehead atoms. The van der Waals surface area contributed by atoms with Gasteiger partial charge in [-0.15, -0.1) is 0 Å². The van der Waals surface area contributed by atoms with Crippen LogP contribution in [-0.2, 0) is 24.5 Å². The van der Waals surface area contributed by atoms with Gasteiger partial charge < -0.3 is 10.1 Å². The summed E-state index contributed by atoms with van der Waals surface area (Å²) in [6, 6.07) is 17.3. The van der Waals surface area contributed by atoms with Crippen molar-refractivity contribution in [2.75, 3.05) is 0 Å². The van der Waals surface area contributed by atoms with Crippen LogP contribution in [0.1, 0.15) is 30.5 Å². The number of hydrogen-bond acceptors (Lipinski definition) is 2. The van der Waals surface area contributed by atoms with Crippen LogP contribution in [0.4, 0.5) is 0 Å². The summed E-state index contributed by atoms with van der Waals surface area (Å²) in [5.41, 5.74) is 3.69. The molecule has 0 spiro atoms. The van der Waals surface area contributed by atoms with Crippen molar-refractivity contribution in [1.82, 2.24) is 5.32 Å². The molecule has 1 N–H and O–H groups in total. The van der Waals surface area contributed by atoms with Gasteiger partial charge >= 0.3 is 0 Å². The minimum absolute atomic E-state index is 0.512. The summed E-state index contributed by atoms with van der Waals surface area (Å²) in [5.74, 6) is 0. The first-order valence-corrected chi connectivity index (χ1v) is 8.06. The van der Waals surface area contributed by atoms with Gasteiger partial charge in [-0.25, -0.2) is 0 Å². The maximum atomic E-state index is 5.76. The zero-order valence-electron chi connectivity index (χ0n) is 12.6. The summed E-state index contributed by atoms with van der Waals surface area (Å²) >= 11 is 3.47. The molecule has 2 aromatic carbocycles. The van der Waals surface area contributed by atoms with Crippen LogP contribution >= 0.6 is 15.9 Å². The lowest BCUT2D eigenvalue weighted by molar-refractivity contribution is 0.107. The van der Waals surface area contributed by atoms with E-state index in [-0.39, 0.29) is 0 Å². The molecule has 0 aliphatic heterocycles. The molecule has 2 aromatic rings. The summed E-state index contributed by atoms with van der Waals surface area (Å²) < 4.78 is 6.85. The Morgan fingerprint density at radius 1 is 0.952 bits per heavy atom. The second-order valence-electron chi connectivity index (χ2n) is 5.47. The number of ether oxygens (including phenoxy) is 1. The second-order valence-corrected chi connectivity index (χ2v) is 6.39. The van der Waals surface area contributed by atoms with Crippen molar-refractivity contribution in [3.63, 3.8) is 0 Å². The first-order valence-electron chi connectivity index (χ1n) is 7.27. The van der Waals surface area contributed by atoms with Crippen molar-refractivity contribution in [3.05, 3.63) is 69.7 Å². The molecule has 2 nitrogen and oxygen atoms in total. The molecule has 0 aliphatic carbocycles. The van der Waals surface area contributed by atoms with Gasteiger partial charge in [0.15, 0.2) is 0 Å². The fourth-order valence-corrected chi connectivity index (χ4v) is 2.44. The van der Waals surface area contributed by atoms with E-state index in [2.05, 4.69) is 71.5 Å². The lowest BCUT2D eigenvalue weighted by atomic mass is 10.1. The first kappa shape index (κ1) is 16.2. The number of halogens is 1. The molecule has 0 unspecified atom stereocenters. The van der Waals surface area contributed by atoms with Gasteiger partial charge in [0.2, 0.25) is 0 Å². The quantitative estimate of drug-likeness (QED) is 0.786. The van der Waals surface area contributed by atoms with Gasteiger partial charge in [-0.1, -0.05) is 66.2 Å². The van der Waals surface area contributed by atoms with Crippen molar-refractivity contribution in [3.8, 4) is 0 Å². The molecule has 0 atom stereocenters. The predicted molar refractivity (Wildman–Crippen MR) is 91.1 cm³/mol. The Balaban J connectivity index is 1.78. The van der Waals surface area contributed by atoms with E-state index >= 15 is 0 Å². The van der Waals surface area contributed by atoms with Crippen LogP contribution in [0.25, 0.3) is 0 Å². The Morgan fingerprint density at radius 3 is 2.29 bits per heavy atom. The molecule has 0 saturated carbocycles. The van der Waals surface area contributed by atoms with E-state index in [1.165, 1.54) is 16.7 Å². The largest absolute Gasteiger partial charge is 0.372 e. The zero-order valence-corrected chi connectivity index (χ0v) is 14.2. The summed E-state index contributed by atoms with van der Waals surface area (Å²) in [7, 11) is 0. The van der Waals surface area contributed by atoms with E-state index < -0.39 is 0 Å². The number of nitrogens with one attached hydrogen (secondary N) is 1. The predicted octanol–water partition coefficient (Wildman–Crippen LogP) is 4.66. The summed E-state index contributed by atoms with van der Waals surface area (Å²) in [5, 5.41) is 3.42. The highest BCUT2D eigenvalue weighted by atomic mass is 79.9. The standard InChI is InChI=1S/C18H22BrNO/c1-14(2)20-11-15-6-8-16(9-7-15)12-21-13-17-4-3-5-18(19)10-17/h3-10,14,20H,11-13H2,1-2H3. The van der Waals surface area contributed by atoms with E-state index in [4.69, 9.17) is 4.74 Å². The smallest absolute Gasteiger partial charge is 0.0721 e. The van der Waals surface area contributed by atoms with Gasteiger partial charge in [0.25, 0.3) is 0 Å². The second kappa shape index (κ2) is 8.32. The van der Waals surface area contributed by atoms with Crippen molar-refractivity contribution >= 4 is 15.9 Å². The molecule has 3 heteroatoms. The average Bonchev–Trinajstić information content (AvgIpc) is 2.46. The van der Waals surface area contributed by atoms with Gasteiger partial charge in [0.05, 0.1) is 13.2 Å². The molecule has 0 radical (unpaired) electrons. The molecule has 0 fully saturated rings. The molecular formula is C18H22BrNO. The van der Waals surface area contributed by atoms with Gasteiger partial charge in [-0.3, -0.25) is 0 Å². The summed E-state index contributed by atoms with van der Waals surface area (Å²) in [6.45, 7) is 6.51. The number of benzene rings is 2. The van der Waals surface area contributed by atoms with Crippen LogP contribution in [-0.4, -0.2) is 6.04 Å². The van der Waals surface area contributed by atoms with E-state index in [0.717, 1.165) is 11.0 Å². The lowest BCUT2D eigenvalue weighted by Crippen LogP contribution is -2.21. The van der Waals surface area contributed by atoms with E-state index in [1.807, 2.05) is 12.1 Å². The van der Waals surface area contributed by atoms with Crippen molar-refractivity contribution in [2.45, 2.75) is 39.6 Å². The first-order chi connectivity index (χ1) is 10.1. The molecule has 112 valence electrons. The average molecular weight is 348 g/mol. The topological polar surface area (TPSA) is 21.3 Å². The van der Waals surface area contributed by atoms with Gasteiger partial charge in [-0.05, 0) is 28.8 Å². The summed E-state index contributed by atoms with van der Waals surface area (Å²) in [6.07, 6.45) is 0. The Labute approximate surface area is 135 Å². The van der Waals surface area contributed by atoms with E-state index in [1.54, 1.807) is 0 Å². The Hall–Kier alpha value is -1.16. The van der Waals surface area contributed by atoms with Crippen molar-refractivity contribution < 1.29 is 4.74 Å². The maximum absolute atomic E-state index is 5.76. The normalized spacial score (nSPS) is 11.0. The van der Waals surface area contributed by atoms with Crippen LogP contribution in [0.3, 0.4) is 0 Å². The molecule has 0 saturated heterocycles. The Morgan fingerprint density at radius 2 is 1.62 bits per heavy atom. The number of hydrogen-bond donors (Lipinski definition) is 1. The van der Waals surface area contributed by atoms with Crippen molar-refractivity contribution in [1.29, 1.82) is 0 Å². The van der Waals surface area contributed by atoms with Crippen LogP contribution in [0.5, 0.6) is 0 Å². The fraction of sp³-hybridized carbons (Fsp3) is 0.333. The number of rotatable bonds is 7.